The molecule has 1 saturated carbocycles. The molecule has 1 saturated heterocycles. The van der Waals surface area contributed by atoms with Crippen molar-refractivity contribution in [2.45, 2.75) is 89.9 Å². The van der Waals surface area contributed by atoms with Crippen LogP contribution in [0.2, 0.25) is 0 Å². The second-order valence-electron chi connectivity index (χ2n) is 7.84. The van der Waals surface area contributed by atoms with Crippen LogP contribution >= 0.6 is 0 Å². The van der Waals surface area contributed by atoms with Gasteiger partial charge >= 0.3 is 5.97 Å². The van der Waals surface area contributed by atoms with Gasteiger partial charge in [0.15, 0.2) is 0 Å². The molecule has 0 aromatic carbocycles. The van der Waals surface area contributed by atoms with E-state index in [1.54, 1.807) is 0 Å². The van der Waals surface area contributed by atoms with Crippen molar-refractivity contribution in [3.05, 3.63) is 0 Å². The molecule has 0 spiro atoms. The highest BCUT2D eigenvalue weighted by Crippen LogP contribution is 2.22. The van der Waals surface area contributed by atoms with Crippen molar-refractivity contribution in [1.82, 2.24) is 9.80 Å². The fourth-order valence-corrected chi connectivity index (χ4v) is 4.24. The summed E-state index contributed by atoms with van der Waals surface area (Å²) in [5.74, 6) is -1.23. The van der Waals surface area contributed by atoms with Crippen LogP contribution in [0.3, 0.4) is 0 Å². The highest BCUT2D eigenvalue weighted by Gasteiger charge is 2.30. The Morgan fingerprint density at radius 3 is 2.30 bits per heavy atom. The van der Waals surface area contributed by atoms with Gasteiger partial charge in [0.05, 0.1) is 6.10 Å². The minimum Gasteiger partial charge on any atom is -0.480 e. The molecule has 2 atom stereocenters. The molecular formula is C20H34N2O5. The van der Waals surface area contributed by atoms with E-state index in [1.807, 2.05) is 11.8 Å². The predicted molar refractivity (Wildman–Crippen MR) is 101 cm³/mol. The molecular weight excluding hydrogens is 348 g/mol. The Hall–Kier alpha value is -1.63. The van der Waals surface area contributed by atoms with E-state index in [-0.39, 0.29) is 30.5 Å². The Balaban J connectivity index is 1.88. The number of carbonyl (C=O) groups excluding carboxylic acids is 2. The maximum absolute atomic E-state index is 12.8. The van der Waals surface area contributed by atoms with Crippen molar-refractivity contribution in [2.24, 2.45) is 0 Å². The monoisotopic (exact) mass is 382 g/mol. The standard InChI is InChI=1S/C20H34N2O5/c1-15(27-18-9-5-3-4-6-10-18)20(26)21-12-7-8-17(11-13-21)22(16(2)23)14-19(24)25/h15,17-18H,3-14H2,1-2H3,(H,24,25). The van der Waals surface area contributed by atoms with Gasteiger partial charge in [-0.15, -0.1) is 0 Å². The van der Waals surface area contributed by atoms with Crippen LogP contribution in [-0.4, -0.2) is 70.6 Å². The largest absolute Gasteiger partial charge is 0.480 e. The van der Waals surface area contributed by atoms with E-state index in [9.17, 15) is 14.4 Å². The highest BCUT2D eigenvalue weighted by atomic mass is 16.5. The van der Waals surface area contributed by atoms with Gasteiger partial charge in [-0.3, -0.25) is 14.4 Å². The summed E-state index contributed by atoms with van der Waals surface area (Å²) in [7, 11) is 0. The van der Waals surface area contributed by atoms with Crippen LogP contribution in [0.4, 0.5) is 0 Å². The minimum atomic E-state index is -1.01. The van der Waals surface area contributed by atoms with E-state index < -0.39 is 12.1 Å². The van der Waals surface area contributed by atoms with Gasteiger partial charge in [0.1, 0.15) is 12.6 Å². The SMILES string of the molecule is CC(=O)N(CC(=O)O)C1CCCN(C(=O)C(C)OC2CCCCCC2)CC1. The fraction of sp³-hybridized carbons (Fsp3) is 0.850. The Morgan fingerprint density at radius 2 is 1.70 bits per heavy atom. The van der Waals surface area contributed by atoms with Crippen LogP contribution in [0.15, 0.2) is 0 Å². The molecule has 1 heterocycles. The number of carbonyl (C=O) groups is 3. The zero-order valence-corrected chi connectivity index (χ0v) is 16.7. The Morgan fingerprint density at radius 1 is 1.04 bits per heavy atom. The number of hydrogen-bond acceptors (Lipinski definition) is 4. The summed E-state index contributed by atoms with van der Waals surface area (Å²) in [6.07, 6.45) is 8.70. The van der Waals surface area contributed by atoms with E-state index in [1.165, 1.54) is 37.5 Å². The molecule has 1 aliphatic carbocycles. The van der Waals surface area contributed by atoms with Gasteiger partial charge in [-0.25, -0.2) is 0 Å². The highest BCUT2D eigenvalue weighted by molar-refractivity contribution is 5.81. The number of ether oxygens (including phenoxy) is 1. The quantitative estimate of drug-likeness (QED) is 0.713. The summed E-state index contributed by atoms with van der Waals surface area (Å²) in [6, 6.07) is -0.130. The minimum absolute atomic E-state index is 0.00695. The van der Waals surface area contributed by atoms with Gasteiger partial charge < -0.3 is 19.6 Å². The number of rotatable bonds is 6. The smallest absolute Gasteiger partial charge is 0.323 e. The van der Waals surface area contributed by atoms with Gasteiger partial charge in [0, 0.05) is 26.1 Å². The molecule has 7 nitrogen and oxygen atoms in total. The van der Waals surface area contributed by atoms with E-state index in [4.69, 9.17) is 9.84 Å². The summed E-state index contributed by atoms with van der Waals surface area (Å²) in [6.45, 7) is 4.12. The summed E-state index contributed by atoms with van der Waals surface area (Å²) in [4.78, 5) is 38.9. The Kier molecular flexibility index (Phi) is 8.54. The number of nitrogens with zero attached hydrogens (tertiary/aromatic N) is 2. The van der Waals surface area contributed by atoms with Gasteiger partial charge in [-0.2, -0.15) is 0 Å². The first-order chi connectivity index (χ1) is 12.9. The van der Waals surface area contributed by atoms with Crippen molar-refractivity contribution in [3.63, 3.8) is 0 Å². The summed E-state index contributed by atoms with van der Waals surface area (Å²) < 4.78 is 6.06. The third kappa shape index (κ3) is 6.79. The molecule has 0 bridgehead atoms. The Labute approximate surface area is 162 Å². The van der Waals surface area contributed by atoms with E-state index in [0.717, 1.165) is 19.3 Å². The summed E-state index contributed by atoms with van der Waals surface area (Å²) in [5.41, 5.74) is 0. The third-order valence-corrected chi connectivity index (χ3v) is 5.71. The average molecular weight is 383 g/mol. The molecule has 0 aromatic rings. The van der Waals surface area contributed by atoms with Crippen LogP contribution in [0.1, 0.15) is 71.6 Å². The second kappa shape index (κ2) is 10.6. The van der Waals surface area contributed by atoms with Crippen LogP contribution in [-0.2, 0) is 19.1 Å². The molecule has 0 radical (unpaired) electrons. The number of aliphatic carboxylic acids is 1. The molecule has 2 amide bonds. The lowest BCUT2D eigenvalue weighted by Crippen LogP contribution is -2.44. The van der Waals surface area contributed by atoms with Crippen LogP contribution in [0, 0.1) is 0 Å². The molecule has 2 aliphatic rings. The van der Waals surface area contributed by atoms with E-state index in [2.05, 4.69) is 0 Å². The maximum atomic E-state index is 12.8. The van der Waals surface area contributed by atoms with Crippen molar-refractivity contribution >= 4 is 17.8 Å². The Bertz CT molecular complexity index is 517. The van der Waals surface area contributed by atoms with Crippen molar-refractivity contribution < 1.29 is 24.2 Å². The van der Waals surface area contributed by atoms with Crippen LogP contribution in [0.25, 0.3) is 0 Å². The number of hydrogen-bond donors (Lipinski definition) is 1. The lowest BCUT2D eigenvalue weighted by molar-refractivity contribution is -0.147. The van der Waals surface area contributed by atoms with Gasteiger partial charge in [0.2, 0.25) is 5.91 Å². The number of carboxylic acids is 1. The number of carboxylic acid groups (broad SMARTS) is 1. The topological polar surface area (TPSA) is 87.2 Å². The molecule has 2 fully saturated rings. The first kappa shape index (κ1) is 21.7. The molecule has 27 heavy (non-hydrogen) atoms. The predicted octanol–water partition coefficient (Wildman–Crippen LogP) is 2.43. The zero-order chi connectivity index (χ0) is 19.8. The van der Waals surface area contributed by atoms with Gasteiger partial charge in [0.25, 0.3) is 5.91 Å². The normalized spacial score (nSPS) is 23.2. The number of amides is 2. The summed E-state index contributed by atoms with van der Waals surface area (Å²) >= 11 is 0. The van der Waals surface area contributed by atoms with Gasteiger partial charge in [-0.05, 0) is 39.0 Å². The van der Waals surface area contributed by atoms with Crippen molar-refractivity contribution in [1.29, 1.82) is 0 Å². The third-order valence-electron chi connectivity index (χ3n) is 5.71. The zero-order valence-electron chi connectivity index (χ0n) is 16.7. The lowest BCUT2D eigenvalue weighted by atomic mass is 10.1. The van der Waals surface area contributed by atoms with E-state index in [0.29, 0.717) is 25.9 Å². The molecule has 2 unspecified atom stereocenters. The number of likely N-dealkylation sites (tertiary alicyclic amines) is 1. The second-order valence-corrected chi connectivity index (χ2v) is 7.84. The van der Waals surface area contributed by atoms with Crippen LogP contribution < -0.4 is 0 Å². The lowest BCUT2D eigenvalue weighted by Gasteiger charge is -2.29. The first-order valence-corrected chi connectivity index (χ1v) is 10.3. The van der Waals surface area contributed by atoms with Crippen LogP contribution in [0.5, 0.6) is 0 Å². The van der Waals surface area contributed by atoms with Gasteiger partial charge in [-0.1, -0.05) is 25.7 Å². The van der Waals surface area contributed by atoms with Crippen molar-refractivity contribution in [2.75, 3.05) is 19.6 Å². The maximum Gasteiger partial charge on any atom is 0.323 e. The summed E-state index contributed by atoms with van der Waals surface area (Å²) in [5, 5.41) is 9.05. The van der Waals surface area contributed by atoms with E-state index >= 15 is 0 Å². The average Bonchev–Trinajstić information content (AvgIpc) is 3.01. The molecule has 2 rings (SSSR count). The molecule has 154 valence electrons. The molecule has 7 heteroatoms. The molecule has 0 aromatic heterocycles. The molecule has 1 aliphatic heterocycles. The van der Waals surface area contributed by atoms with Crippen molar-refractivity contribution in [3.8, 4) is 0 Å². The first-order valence-electron chi connectivity index (χ1n) is 10.3. The molecule has 1 N–H and O–H groups in total. The fourth-order valence-electron chi connectivity index (χ4n) is 4.24.